The van der Waals surface area contributed by atoms with Crippen molar-refractivity contribution >= 4 is 44.8 Å². The monoisotopic (exact) mass is 474 g/mol. The summed E-state index contributed by atoms with van der Waals surface area (Å²) in [7, 11) is -3.85. The van der Waals surface area contributed by atoms with E-state index < -0.39 is 38.5 Å². The predicted molar refractivity (Wildman–Crippen MR) is 102 cm³/mol. The number of halogens is 5. The Morgan fingerprint density at radius 3 is 2.38 bits per heavy atom. The van der Waals surface area contributed by atoms with Gasteiger partial charge in [-0.15, -0.1) is 23.2 Å². The molecule has 0 radical (unpaired) electrons. The molecule has 1 heterocycles. The van der Waals surface area contributed by atoms with Crippen molar-refractivity contribution in [3.05, 3.63) is 18.2 Å². The van der Waals surface area contributed by atoms with Gasteiger partial charge in [0, 0.05) is 13.1 Å². The first-order chi connectivity index (χ1) is 13.3. The molecule has 0 bridgehead atoms. The fourth-order valence-electron chi connectivity index (χ4n) is 3.04. The molecule has 6 nitrogen and oxygen atoms in total. The summed E-state index contributed by atoms with van der Waals surface area (Å²) >= 11 is 12.0. The molecular formula is C17H19Cl2F3N2O4S. The number of hydrogen-bond donors (Lipinski definition) is 1. The Morgan fingerprint density at radius 1 is 1.28 bits per heavy atom. The smallest absolute Gasteiger partial charge is 0.422 e. The number of rotatable bonds is 6. The molecule has 2 fully saturated rings. The summed E-state index contributed by atoms with van der Waals surface area (Å²) in [6.07, 6.45) is -3.01. The molecule has 0 spiro atoms. The maximum atomic E-state index is 12.8. The molecule has 162 valence electrons. The first kappa shape index (κ1) is 22.5. The minimum atomic E-state index is -4.61. The van der Waals surface area contributed by atoms with Gasteiger partial charge in [0.15, 0.2) is 6.61 Å². The summed E-state index contributed by atoms with van der Waals surface area (Å²) in [6, 6.07) is 3.34. The van der Waals surface area contributed by atoms with Gasteiger partial charge < -0.3 is 10.1 Å². The number of anilines is 1. The molecule has 1 N–H and O–H groups in total. The quantitative estimate of drug-likeness (QED) is 0.633. The molecule has 1 aliphatic heterocycles. The van der Waals surface area contributed by atoms with E-state index in [4.69, 9.17) is 27.9 Å². The third kappa shape index (κ3) is 4.60. The molecular weight excluding hydrogens is 456 g/mol. The number of nitrogens with zero attached hydrogens (tertiary/aromatic N) is 1. The minimum absolute atomic E-state index is 0.152. The van der Waals surface area contributed by atoms with Crippen LogP contribution < -0.4 is 10.1 Å². The van der Waals surface area contributed by atoms with E-state index in [1.807, 2.05) is 0 Å². The Morgan fingerprint density at radius 2 is 1.86 bits per heavy atom. The highest BCUT2D eigenvalue weighted by molar-refractivity contribution is 7.89. The Bertz CT molecular complexity index is 918. The highest BCUT2D eigenvalue weighted by Gasteiger charge is 2.68. The van der Waals surface area contributed by atoms with Crippen LogP contribution in [0.15, 0.2) is 23.1 Å². The average molecular weight is 475 g/mol. The van der Waals surface area contributed by atoms with Crippen LogP contribution in [0.1, 0.15) is 26.2 Å². The Labute approximate surface area is 176 Å². The highest BCUT2D eigenvalue weighted by atomic mass is 35.5. The SMILES string of the molecule is CC1(C(=O)Nc2cc(S(=O)(=O)N3CCCC3)ccc2OCC(F)(F)F)CC1(Cl)Cl. The molecule has 1 saturated heterocycles. The summed E-state index contributed by atoms with van der Waals surface area (Å²) in [5, 5.41) is 2.42. The lowest BCUT2D eigenvalue weighted by atomic mass is 10.1. The molecule has 3 rings (SSSR count). The normalized spacial score (nSPS) is 24.3. The lowest BCUT2D eigenvalue weighted by Gasteiger charge is -2.20. The number of carbonyl (C=O) groups is 1. The van der Waals surface area contributed by atoms with Crippen LogP contribution in [-0.4, -0.2) is 48.8 Å². The standard InChI is InChI=1S/C17H19Cl2F3N2O4S/c1-15(9-16(15,18)19)14(25)23-12-8-11(29(26,27)24-6-2-3-7-24)4-5-13(12)28-10-17(20,21)22/h4-5,8H,2-3,6-7,9-10H2,1H3,(H,23,25). The largest absolute Gasteiger partial charge is 0.482 e. The third-order valence-electron chi connectivity index (χ3n) is 5.05. The van der Waals surface area contributed by atoms with Crippen LogP contribution in [0.3, 0.4) is 0 Å². The maximum absolute atomic E-state index is 12.8. The Hall–Kier alpha value is -1.23. The molecule has 2 aliphatic rings. The molecule has 29 heavy (non-hydrogen) atoms. The van der Waals surface area contributed by atoms with E-state index in [2.05, 4.69) is 5.32 Å². The second-order valence-electron chi connectivity index (χ2n) is 7.34. The number of nitrogens with one attached hydrogen (secondary N) is 1. The zero-order valence-electron chi connectivity index (χ0n) is 15.4. The highest BCUT2D eigenvalue weighted by Crippen LogP contribution is 2.64. The van der Waals surface area contributed by atoms with Crippen LogP contribution in [0.2, 0.25) is 0 Å². The fraction of sp³-hybridized carbons (Fsp3) is 0.588. The number of amides is 1. The first-order valence-corrected chi connectivity index (χ1v) is 11.0. The summed E-state index contributed by atoms with van der Waals surface area (Å²) in [4.78, 5) is 12.4. The van der Waals surface area contributed by atoms with E-state index in [1.54, 1.807) is 0 Å². The van der Waals surface area contributed by atoms with Gasteiger partial charge in [0.2, 0.25) is 15.9 Å². The molecule has 1 saturated carbocycles. The molecule has 1 aliphatic carbocycles. The van der Waals surface area contributed by atoms with Crippen molar-refractivity contribution < 1.29 is 31.1 Å². The van der Waals surface area contributed by atoms with Crippen LogP contribution in [0.5, 0.6) is 5.75 Å². The number of hydrogen-bond acceptors (Lipinski definition) is 4. The molecule has 0 aromatic heterocycles. The summed E-state index contributed by atoms with van der Waals surface area (Å²) in [6.45, 7) is 0.620. The van der Waals surface area contributed by atoms with Crippen molar-refractivity contribution in [3.63, 3.8) is 0 Å². The van der Waals surface area contributed by atoms with Crippen LogP contribution in [0.25, 0.3) is 0 Å². The molecule has 1 atom stereocenters. The number of benzene rings is 1. The van der Waals surface area contributed by atoms with Crippen LogP contribution in [0, 0.1) is 5.41 Å². The van der Waals surface area contributed by atoms with Crippen LogP contribution >= 0.6 is 23.2 Å². The zero-order chi connectivity index (χ0) is 21.7. The van der Waals surface area contributed by atoms with E-state index in [1.165, 1.54) is 11.2 Å². The molecule has 1 unspecified atom stereocenters. The van der Waals surface area contributed by atoms with Gasteiger partial charge in [0.25, 0.3) is 0 Å². The molecule has 1 aromatic rings. The van der Waals surface area contributed by atoms with Gasteiger partial charge in [0.1, 0.15) is 10.1 Å². The van der Waals surface area contributed by atoms with E-state index in [0.717, 1.165) is 31.0 Å². The fourth-order valence-corrected chi connectivity index (χ4v) is 5.29. The van der Waals surface area contributed by atoms with Crippen molar-refractivity contribution in [1.82, 2.24) is 4.31 Å². The number of sulfonamides is 1. The van der Waals surface area contributed by atoms with Gasteiger partial charge in [0.05, 0.1) is 16.0 Å². The van der Waals surface area contributed by atoms with Crippen molar-refractivity contribution in [2.75, 3.05) is 25.0 Å². The number of alkyl halides is 5. The predicted octanol–water partition coefficient (Wildman–Crippen LogP) is 3.93. The van der Waals surface area contributed by atoms with E-state index in [0.29, 0.717) is 13.1 Å². The summed E-state index contributed by atoms with van der Waals surface area (Å²) < 4.78 is 68.0. The maximum Gasteiger partial charge on any atom is 0.422 e. The Kier molecular flexibility index (Phi) is 5.79. The zero-order valence-corrected chi connectivity index (χ0v) is 17.7. The summed E-state index contributed by atoms with van der Waals surface area (Å²) in [5.41, 5.74) is -1.35. The molecule has 1 amide bonds. The lowest BCUT2D eigenvalue weighted by molar-refractivity contribution is -0.153. The lowest BCUT2D eigenvalue weighted by Crippen LogP contribution is -2.29. The van der Waals surface area contributed by atoms with Gasteiger partial charge >= 0.3 is 6.18 Å². The van der Waals surface area contributed by atoms with Gasteiger partial charge in [-0.1, -0.05) is 0 Å². The average Bonchev–Trinajstić information content (AvgIpc) is 2.99. The van der Waals surface area contributed by atoms with Crippen molar-refractivity contribution in [2.24, 2.45) is 5.41 Å². The van der Waals surface area contributed by atoms with Crippen LogP contribution in [0.4, 0.5) is 18.9 Å². The van der Waals surface area contributed by atoms with E-state index in [9.17, 15) is 26.4 Å². The second kappa shape index (κ2) is 7.47. The van der Waals surface area contributed by atoms with Gasteiger partial charge in [-0.3, -0.25) is 4.79 Å². The van der Waals surface area contributed by atoms with Gasteiger partial charge in [-0.2, -0.15) is 17.5 Å². The topological polar surface area (TPSA) is 75.7 Å². The van der Waals surface area contributed by atoms with Gasteiger partial charge in [-0.25, -0.2) is 8.42 Å². The first-order valence-electron chi connectivity index (χ1n) is 8.79. The minimum Gasteiger partial charge on any atom is -0.482 e. The number of ether oxygens (including phenoxy) is 1. The molecule has 1 aromatic carbocycles. The van der Waals surface area contributed by atoms with E-state index >= 15 is 0 Å². The summed E-state index contributed by atoms with van der Waals surface area (Å²) in [5.74, 6) is -0.954. The van der Waals surface area contributed by atoms with E-state index in [-0.39, 0.29) is 22.8 Å². The number of carbonyl (C=O) groups excluding carboxylic acids is 1. The van der Waals surface area contributed by atoms with Crippen molar-refractivity contribution in [3.8, 4) is 5.75 Å². The van der Waals surface area contributed by atoms with Gasteiger partial charge in [-0.05, 0) is 44.4 Å². The second-order valence-corrected chi connectivity index (χ2v) is 10.8. The molecule has 12 heteroatoms. The van der Waals surface area contributed by atoms with Crippen molar-refractivity contribution in [2.45, 2.75) is 41.6 Å². The van der Waals surface area contributed by atoms with Crippen LogP contribution in [-0.2, 0) is 14.8 Å². The third-order valence-corrected chi connectivity index (χ3v) is 8.05. The van der Waals surface area contributed by atoms with Crippen molar-refractivity contribution in [1.29, 1.82) is 0 Å². The Balaban J connectivity index is 1.92.